The molecule has 0 aliphatic carbocycles. The Morgan fingerprint density at radius 3 is 2.52 bits per heavy atom. The number of halogens is 3. The van der Waals surface area contributed by atoms with Crippen molar-refractivity contribution in [3.8, 4) is 11.1 Å². The Bertz CT molecular complexity index is 1180. The smallest absolute Gasteiger partial charge is 0.380 e. The zero-order valence-corrected chi connectivity index (χ0v) is 16.8. The van der Waals surface area contributed by atoms with Crippen LogP contribution in [0, 0.1) is 13.8 Å². The number of nitrogens with zero attached hydrogens (tertiary/aromatic N) is 1. The number of aromatic nitrogens is 1. The molecule has 0 aliphatic heterocycles. The second-order valence-corrected chi connectivity index (χ2v) is 8.33. The molecule has 0 saturated heterocycles. The normalized spacial score (nSPS) is 11.8. The molecule has 4 aromatic rings. The van der Waals surface area contributed by atoms with E-state index in [0.29, 0.717) is 11.9 Å². The second-order valence-electron chi connectivity index (χ2n) is 6.96. The lowest BCUT2D eigenvalue weighted by Crippen LogP contribution is -2.07. The van der Waals surface area contributed by atoms with Crippen LogP contribution in [0.15, 0.2) is 60.8 Å². The van der Waals surface area contributed by atoms with Crippen LogP contribution in [0.25, 0.3) is 22.0 Å². The molecule has 1 N–H and O–H groups in total. The first kappa shape index (κ1) is 19.5. The Morgan fingerprint density at radius 1 is 1.00 bits per heavy atom. The number of rotatable bonds is 4. The quantitative estimate of drug-likeness (QED) is 0.383. The van der Waals surface area contributed by atoms with Crippen LogP contribution < -0.4 is 5.32 Å². The van der Waals surface area contributed by atoms with Gasteiger partial charge in [-0.05, 0) is 60.9 Å². The summed E-state index contributed by atoms with van der Waals surface area (Å²) < 4.78 is 40.3. The van der Waals surface area contributed by atoms with E-state index in [1.54, 1.807) is 17.4 Å². The van der Waals surface area contributed by atoms with Gasteiger partial charge in [-0.3, -0.25) is 4.98 Å². The van der Waals surface area contributed by atoms with Crippen LogP contribution in [0.3, 0.4) is 0 Å². The van der Waals surface area contributed by atoms with Crippen molar-refractivity contribution in [1.82, 2.24) is 4.98 Å². The number of anilines is 1. The van der Waals surface area contributed by atoms with E-state index in [0.717, 1.165) is 28.4 Å². The molecule has 0 bridgehead atoms. The standard InChI is InChI=1S/C23H19F3N2S/c1-14-12-28-22-19(7-4-8-20(22)23(24,25)26)21(14)16-5-3-6-17(11-16)27-13-18-10-9-15(2)29-18/h3-12,27H,13H2,1-2H3. The van der Waals surface area contributed by atoms with Gasteiger partial charge in [0.1, 0.15) is 0 Å². The Kier molecular flexibility index (Phi) is 5.04. The van der Waals surface area contributed by atoms with Gasteiger partial charge in [0.15, 0.2) is 0 Å². The minimum atomic E-state index is -4.44. The summed E-state index contributed by atoms with van der Waals surface area (Å²) in [7, 11) is 0. The van der Waals surface area contributed by atoms with Gasteiger partial charge in [-0.15, -0.1) is 11.3 Å². The molecule has 0 saturated carbocycles. The maximum Gasteiger partial charge on any atom is 0.418 e. The number of benzene rings is 2. The summed E-state index contributed by atoms with van der Waals surface area (Å²) in [6.45, 7) is 4.65. The number of thiophene rings is 1. The summed E-state index contributed by atoms with van der Waals surface area (Å²) >= 11 is 1.74. The van der Waals surface area contributed by atoms with Gasteiger partial charge in [0.05, 0.1) is 11.1 Å². The van der Waals surface area contributed by atoms with Crippen LogP contribution in [0.5, 0.6) is 0 Å². The van der Waals surface area contributed by atoms with Crippen LogP contribution >= 0.6 is 11.3 Å². The van der Waals surface area contributed by atoms with Gasteiger partial charge in [-0.2, -0.15) is 13.2 Å². The van der Waals surface area contributed by atoms with Crippen LogP contribution in [0.4, 0.5) is 18.9 Å². The number of para-hydroxylation sites is 1. The van der Waals surface area contributed by atoms with Gasteiger partial charge in [0.25, 0.3) is 0 Å². The zero-order valence-electron chi connectivity index (χ0n) is 16.0. The van der Waals surface area contributed by atoms with Crippen molar-refractivity contribution in [2.24, 2.45) is 0 Å². The van der Waals surface area contributed by atoms with E-state index in [9.17, 15) is 13.2 Å². The Hall–Kier alpha value is -2.86. The first-order chi connectivity index (χ1) is 13.8. The van der Waals surface area contributed by atoms with Crippen LogP contribution in [-0.2, 0) is 12.7 Å². The van der Waals surface area contributed by atoms with Crippen molar-refractivity contribution < 1.29 is 13.2 Å². The van der Waals surface area contributed by atoms with Gasteiger partial charge in [-0.1, -0.05) is 24.3 Å². The molecule has 2 aromatic heterocycles. The molecule has 0 aliphatic rings. The maximum atomic E-state index is 13.4. The molecule has 0 radical (unpaired) electrons. The van der Waals surface area contributed by atoms with Gasteiger partial charge in [0, 0.05) is 33.6 Å². The molecule has 6 heteroatoms. The van der Waals surface area contributed by atoms with Gasteiger partial charge in [0.2, 0.25) is 0 Å². The molecule has 2 aromatic carbocycles. The number of pyridine rings is 1. The van der Waals surface area contributed by atoms with Crippen molar-refractivity contribution in [2.75, 3.05) is 5.32 Å². The second kappa shape index (κ2) is 7.52. The number of hydrogen-bond acceptors (Lipinski definition) is 3. The third-order valence-corrected chi connectivity index (χ3v) is 5.81. The number of hydrogen-bond donors (Lipinski definition) is 1. The number of nitrogens with one attached hydrogen (secondary N) is 1. The summed E-state index contributed by atoms with van der Waals surface area (Å²) in [5.74, 6) is 0. The molecule has 0 unspecified atom stereocenters. The Balaban J connectivity index is 1.75. The highest BCUT2D eigenvalue weighted by Crippen LogP contribution is 2.38. The largest absolute Gasteiger partial charge is 0.418 e. The topological polar surface area (TPSA) is 24.9 Å². The third-order valence-electron chi connectivity index (χ3n) is 4.81. The fraction of sp³-hybridized carbons (Fsp3) is 0.174. The van der Waals surface area contributed by atoms with Crippen LogP contribution in [0.1, 0.15) is 20.9 Å². The SMILES string of the molecule is Cc1ccc(CNc2cccc(-c3c(C)cnc4c(C(F)(F)F)cccc34)c2)s1. The molecule has 0 atom stereocenters. The minimum absolute atomic E-state index is 0.0203. The minimum Gasteiger partial charge on any atom is -0.380 e. The number of fused-ring (bicyclic) bond motifs is 1. The van der Waals surface area contributed by atoms with Crippen molar-refractivity contribution >= 4 is 27.9 Å². The molecule has 0 fully saturated rings. The van der Waals surface area contributed by atoms with Crippen molar-refractivity contribution in [3.05, 3.63) is 81.7 Å². The Morgan fingerprint density at radius 2 is 1.79 bits per heavy atom. The highest BCUT2D eigenvalue weighted by atomic mass is 32.1. The maximum absolute atomic E-state index is 13.4. The lowest BCUT2D eigenvalue weighted by molar-refractivity contribution is -0.136. The van der Waals surface area contributed by atoms with Gasteiger partial charge in [-0.25, -0.2) is 0 Å². The molecule has 148 valence electrons. The van der Waals surface area contributed by atoms with E-state index in [2.05, 4.69) is 29.4 Å². The van der Waals surface area contributed by atoms with Crippen molar-refractivity contribution in [1.29, 1.82) is 0 Å². The molecule has 2 heterocycles. The number of alkyl halides is 3. The molecule has 0 amide bonds. The monoisotopic (exact) mass is 412 g/mol. The molecular weight excluding hydrogens is 393 g/mol. The van der Waals surface area contributed by atoms with Gasteiger partial charge >= 0.3 is 6.18 Å². The first-order valence-corrected chi connectivity index (χ1v) is 10.00. The average molecular weight is 412 g/mol. The average Bonchev–Trinajstić information content (AvgIpc) is 3.10. The molecule has 29 heavy (non-hydrogen) atoms. The summed E-state index contributed by atoms with van der Waals surface area (Å²) in [4.78, 5) is 6.59. The summed E-state index contributed by atoms with van der Waals surface area (Å²) in [6, 6.07) is 16.2. The molecule has 2 nitrogen and oxygen atoms in total. The fourth-order valence-electron chi connectivity index (χ4n) is 3.49. The van der Waals surface area contributed by atoms with E-state index in [1.807, 2.05) is 31.2 Å². The lowest BCUT2D eigenvalue weighted by Gasteiger charge is -2.15. The van der Waals surface area contributed by atoms with Crippen LogP contribution in [-0.4, -0.2) is 4.98 Å². The first-order valence-electron chi connectivity index (χ1n) is 9.18. The predicted molar refractivity (Wildman–Crippen MR) is 113 cm³/mol. The van der Waals surface area contributed by atoms with Gasteiger partial charge < -0.3 is 5.32 Å². The third kappa shape index (κ3) is 3.98. The molecule has 4 rings (SSSR count). The fourth-order valence-corrected chi connectivity index (χ4v) is 4.32. The van der Waals surface area contributed by atoms with Crippen molar-refractivity contribution in [2.45, 2.75) is 26.6 Å². The van der Waals surface area contributed by atoms with E-state index < -0.39 is 11.7 Å². The predicted octanol–water partition coefficient (Wildman–Crippen LogP) is 7.21. The van der Waals surface area contributed by atoms with E-state index >= 15 is 0 Å². The highest BCUT2D eigenvalue weighted by Gasteiger charge is 2.33. The highest BCUT2D eigenvalue weighted by molar-refractivity contribution is 7.11. The van der Waals surface area contributed by atoms with Crippen molar-refractivity contribution in [3.63, 3.8) is 0 Å². The van der Waals surface area contributed by atoms with E-state index in [4.69, 9.17) is 0 Å². The molecular formula is C23H19F3N2S. The molecule has 0 spiro atoms. The Labute approximate surface area is 171 Å². The van der Waals surface area contributed by atoms with E-state index in [1.165, 1.54) is 22.0 Å². The zero-order chi connectivity index (χ0) is 20.6. The van der Waals surface area contributed by atoms with Crippen LogP contribution in [0.2, 0.25) is 0 Å². The summed E-state index contributed by atoms with van der Waals surface area (Å²) in [5.41, 5.74) is 2.66. The van der Waals surface area contributed by atoms with E-state index in [-0.39, 0.29) is 5.52 Å². The number of aryl methyl sites for hydroxylation is 2. The lowest BCUT2D eigenvalue weighted by atomic mass is 9.95. The summed E-state index contributed by atoms with van der Waals surface area (Å²) in [5, 5.41) is 3.91. The summed E-state index contributed by atoms with van der Waals surface area (Å²) in [6.07, 6.45) is -2.93.